The van der Waals surface area contributed by atoms with Crippen molar-refractivity contribution in [1.82, 2.24) is 5.32 Å². The summed E-state index contributed by atoms with van der Waals surface area (Å²) in [6.45, 7) is 4.54. The van der Waals surface area contributed by atoms with Gasteiger partial charge in [0.25, 0.3) is 0 Å². The molecule has 256 valence electrons. The van der Waals surface area contributed by atoms with Crippen molar-refractivity contribution in [3.8, 4) is 16.9 Å². The molecule has 1 N–H and O–H groups in total. The van der Waals surface area contributed by atoms with E-state index in [0.29, 0.717) is 5.92 Å². The maximum atomic E-state index is 6.54. The van der Waals surface area contributed by atoms with Crippen LogP contribution in [0.3, 0.4) is 0 Å². The molecule has 8 unspecified atom stereocenters. The fourth-order valence-corrected chi connectivity index (χ4v) is 8.81. The molecule has 0 spiro atoms. The van der Waals surface area contributed by atoms with Gasteiger partial charge in [0, 0.05) is 46.4 Å². The van der Waals surface area contributed by atoms with Gasteiger partial charge in [-0.25, -0.2) is 9.98 Å². The van der Waals surface area contributed by atoms with Gasteiger partial charge >= 0.3 is 0 Å². The Balaban J connectivity index is 1.06. The molecule has 0 amide bonds. The van der Waals surface area contributed by atoms with Crippen molar-refractivity contribution in [2.75, 3.05) is 0 Å². The van der Waals surface area contributed by atoms with E-state index in [0.717, 1.165) is 40.7 Å². The lowest BCUT2D eigenvalue weighted by Crippen LogP contribution is -2.40. The van der Waals surface area contributed by atoms with Gasteiger partial charge in [0.2, 0.25) is 0 Å². The quantitative estimate of drug-likeness (QED) is 0.292. The van der Waals surface area contributed by atoms with Crippen LogP contribution in [0.2, 0.25) is 0 Å². The fourth-order valence-electron chi connectivity index (χ4n) is 8.81. The van der Waals surface area contributed by atoms with Crippen LogP contribution in [0.4, 0.5) is 0 Å². The van der Waals surface area contributed by atoms with Crippen molar-refractivity contribution in [1.29, 1.82) is 0 Å². The summed E-state index contributed by atoms with van der Waals surface area (Å²) in [7, 11) is 0. The molecule has 3 aromatic carbocycles. The van der Waals surface area contributed by atoms with Crippen molar-refractivity contribution in [2.45, 2.75) is 50.0 Å². The van der Waals surface area contributed by atoms with Gasteiger partial charge in [-0.1, -0.05) is 128 Å². The Hall–Kier alpha value is -5.68. The third kappa shape index (κ3) is 5.21. The van der Waals surface area contributed by atoms with Crippen molar-refractivity contribution >= 4 is 11.7 Å². The molecule has 52 heavy (non-hydrogen) atoms. The second kappa shape index (κ2) is 12.2. The summed E-state index contributed by atoms with van der Waals surface area (Å²) in [4.78, 5) is 10.7. The molecule has 8 atom stereocenters. The van der Waals surface area contributed by atoms with Gasteiger partial charge in [0.15, 0.2) is 6.17 Å². The van der Waals surface area contributed by atoms with Crippen molar-refractivity contribution in [2.24, 2.45) is 27.7 Å². The molecule has 10 rings (SSSR count). The molecule has 0 radical (unpaired) electrons. The molecule has 5 heteroatoms. The molecular formula is C47H41N3O2. The van der Waals surface area contributed by atoms with Crippen molar-refractivity contribution in [3.05, 3.63) is 185 Å². The number of hydrogen-bond acceptors (Lipinski definition) is 5. The first-order chi connectivity index (χ1) is 25.5. The maximum absolute atomic E-state index is 6.54. The third-order valence-electron chi connectivity index (χ3n) is 11.8. The minimum Gasteiger partial charge on any atom is -0.489 e. The van der Waals surface area contributed by atoms with Crippen LogP contribution < -0.4 is 10.1 Å². The summed E-state index contributed by atoms with van der Waals surface area (Å²) in [5.74, 6) is 4.63. The number of benzene rings is 3. The van der Waals surface area contributed by atoms with E-state index in [1.165, 1.54) is 27.8 Å². The van der Waals surface area contributed by atoms with E-state index >= 15 is 0 Å². The van der Waals surface area contributed by atoms with Crippen LogP contribution >= 0.6 is 0 Å². The van der Waals surface area contributed by atoms with E-state index < -0.39 is 6.17 Å². The van der Waals surface area contributed by atoms with E-state index in [4.69, 9.17) is 19.5 Å². The number of nitrogens with one attached hydrogen (secondary N) is 1. The van der Waals surface area contributed by atoms with E-state index in [1.807, 2.05) is 0 Å². The topological polar surface area (TPSA) is 55.2 Å². The largest absolute Gasteiger partial charge is 0.489 e. The lowest BCUT2D eigenvalue weighted by molar-refractivity contribution is 0.156. The fraction of sp³-hybridized carbons (Fsp3) is 0.234. The van der Waals surface area contributed by atoms with E-state index in [2.05, 4.69) is 171 Å². The summed E-state index contributed by atoms with van der Waals surface area (Å²) in [6, 6.07) is 24.1. The molecule has 5 nitrogen and oxygen atoms in total. The Morgan fingerprint density at radius 2 is 1.52 bits per heavy atom. The Kier molecular flexibility index (Phi) is 7.31. The predicted octanol–water partition coefficient (Wildman–Crippen LogP) is 9.76. The number of aliphatic imine (C=N–C) groups is 2. The normalized spacial score (nSPS) is 31.5. The van der Waals surface area contributed by atoms with E-state index in [9.17, 15) is 0 Å². The Morgan fingerprint density at radius 3 is 2.40 bits per heavy atom. The Labute approximate surface area is 305 Å². The molecule has 0 saturated heterocycles. The highest BCUT2D eigenvalue weighted by Crippen LogP contribution is 2.47. The molecule has 3 aromatic rings. The number of hydrogen-bond donors (Lipinski definition) is 1. The van der Waals surface area contributed by atoms with Gasteiger partial charge in [-0.15, -0.1) is 0 Å². The number of ether oxygens (including phenoxy) is 2. The van der Waals surface area contributed by atoms with Gasteiger partial charge in [-0.2, -0.15) is 0 Å². The van der Waals surface area contributed by atoms with Crippen LogP contribution in [0.25, 0.3) is 11.1 Å². The van der Waals surface area contributed by atoms with Crippen LogP contribution in [-0.2, 0) is 10.2 Å². The minimum absolute atomic E-state index is 0.0193. The molecule has 0 saturated carbocycles. The van der Waals surface area contributed by atoms with Crippen LogP contribution in [-0.4, -0.2) is 23.9 Å². The van der Waals surface area contributed by atoms with E-state index in [-0.39, 0.29) is 35.4 Å². The first-order valence-electron chi connectivity index (χ1n) is 18.6. The Bertz CT molecular complexity index is 2280. The molecule has 3 heterocycles. The third-order valence-corrected chi connectivity index (χ3v) is 11.8. The second-order valence-electron chi connectivity index (χ2n) is 15.1. The number of rotatable bonds is 5. The highest BCUT2D eigenvalue weighted by Gasteiger charge is 2.43. The molecule has 7 aliphatic rings. The summed E-state index contributed by atoms with van der Waals surface area (Å²) in [5, 5.41) is 3.76. The standard InChI is InChI=1S/C47H41N3O2/c1-29-12-6-7-15-36(29)34-24-33(30-13-4-3-5-14-30)25-35(26-34)46-49-44(31-19-21-38-37-16-8-9-17-40(37)51-41(38)27-31)48-45(50-46)32-20-22-39-42(28-32)52-43-18-10-11-23-47(39,43)2/h3-26,28-29,31,36-37,40,43,45H,27H2,1-2H3,(H,48,49,50). The van der Waals surface area contributed by atoms with Gasteiger partial charge in [0.05, 0.1) is 5.41 Å². The van der Waals surface area contributed by atoms with Gasteiger partial charge < -0.3 is 14.8 Å². The first kappa shape index (κ1) is 31.1. The van der Waals surface area contributed by atoms with Crippen LogP contribution in [0.5, 0.6) is 5.75 Å². The summed E-state index contributed by atoms with van der Waals surface area (Å²) >= 11 is 0. The molecule has 4 aliphatic carbocycles. The zero-order chi connectivity index (χ0) is 34.8. The molecule has 0 bridgehead atoms. The summed E-state index contributed by atoms with van der Waals surface area (Å²) in [5.41, 5.74) is 7.98. The number of fused-ring (bicyclic) bond motifs is 5. The van der Waals surface area contributed by atoms with Crippen molar-refractivity contribution in [3.63, 3.8) is 0 Å². The van der Waals surface area contributed by atoms with Gasteiger partial charge in [0.1, 0.15) is 35.4 Å². The molecule has 0 fully saturated rings. The smallest absolute Gasteiger partial charge is 0.169 e. The lowest BCUT2D eigenvalue weighted by atomic mass is 9.76. The first-order valence-corrected chi connectivity index (χ1v) is 18.6. The zero-order valence-electron chi connectivity index (χ0n) is 29.4. The average Bonchev–Trinajstić information content (AvgIpc) is 3.72. The van der Waals surface area contributed by atoms with E-state index in [1.54, 1.807) is 0 Å². The number of amidine groups is 2. The SMILES string of the molecule is CC1C=CC=CC1c1cc(C2=NC(c3ccc4c(c3)OC3C=CC=CC43C)N=C(C3C=CC4=C(C3)OC3C=CC=CC43)N2)cc(-c2ccccc2)c1. The average molecular weight is 680 g/mol. The summed E-state index contributed by atoms with van der Waals surface area (Å²) in [6.07, 6.45) is 31.1. The van der Waals surface area contributed by atoms with Crippen LogP contribution in [0, 0.1) is 17.8 Å². The molecule has 3 aliphatic heterocycles. The predicted molar refractivity (Wildman–Crippen MR) is 209 cm³/mol. The van der Waals surface area contributed by atoms with Crippen LogP contribution in [0.1, 0.15) is 54.6 Å². The molecule has 0 aromatic heterocycles. The zero-order valence-corrected chi connectivity index (χ0v) is 29.4. The molecular weight excluding hydrogens is 639 g/mol. The van der Waals surface area contributed by atoms with Gasteiger partial charge in [-0.05, 0) is 59.9 Å². The maximum Gasteiger partial charge on any atom is 0.169 e. The van der Waals surface area contributed by atoms with Crippen LogP contribution in [0.15, 0.2) is 173 Å². The van der Waals surface area contributed by atoms with Crippen molar-refractivity contribution < 1.29 is 9.47 Å². The Morgan fingerprint density at radius 1 is 0.712 bits per heavy atom. The monoisotopic (exact) mass is 679 g/mol. The highest BCUT2D eigenvalue weighted by atomic mass is 16.5. The summed E-state index contributed by atoms with van der Waals surface area (Å²) < 4.78 is 13.1. The highest BCUT2D eigenvalue weighted by molar-refractivity contribution is 6.12. The number of nitrogens with zero attached hydrogens (tertiary/aromatic N) is 2. The second-order valence-corrected chi connectivity index (χ2v) is 15.1. The van der Waals surface area contributed by atoms with Gasteiger partial charge in [-0.3, -0.25) is 0 Å². The number of allylic oxidation sites excluding steroid dienone is 10. The lowest BCUT2D eigenvalue weighted by Gasteiger charge is -2.28. The minimum atomic E-state index is -0.441.